The number of fused-ring (bicyclic) bond motifs is 1. The van der Waals surface area contributed by atoms with Crippen molar-refractivity contribution in [3.63, 3.8) is 0 Å². The van der Waals surface area contributed by atoms with Gasteiger partial charge in [0, 0.05) is 18.3 Å². The fourth-order valence-corrected chi connectivity index (χ4v) is 3.39. The number of anilines is 1. The number of rotatable bonds is 3. The highest BCUT2D eigenvalue weighted by Gasteiger charge is 2.49. The van der Waals surface area contributed by atoms with Crippen molar-refractivity contribution in [3.05, 3.63) is 52.3 Å². The smallest absolute Gasteiger partial charge is 0.374 e. The Labute approximate surface area is 157 Å². The van der Waals surface area contributed by atoms with E-state index in [4.69, 9.17) is 11.6 Å². The second kappa shape index (κ2) is 6.68. The third-order valence-electron chi connectivity index (χ3n) is 4.02. The number of aryl methyl sites for hydroxylation is 1. The van der Waals surface area contributed by atoms with Crippen molar-refractivity contribution >= 4 is 33.3 Å². The van der Waals surface area contributed by atoms with Crippen LogP contribution in [0.4, 0.5) is 18.9 Å². The molecule has 144 valence electrons. The Kier molecular flexibility index (Phi) is 4.81. The first-order valence-electron chi connectivity index (χ1n) is 7.57. The second-order valence-electron chi connectivity index (χ2n) is 5.79. The van der Waals surface area contributed by atoms with Crippen LogP contribution in [0.1, 0.15) is 21.5 Å². The SMILES string of the molecule is Cc1ccncc1N1CCc2cc(OS(=O)(=O)C(F)(F)F)c(Cl)cc2C1=O. The summed E-state index contributed by atoms with van der Waals surface area (Å²) in [6.45, 7) is 2.05. The molecule has 11 heteroatoms. The zero-order valence-electron chi connectivity index (χ0n) is 13.7. The normalized spacial score (nSPS) is 14.9. The van der Waals surface area contributed by atoms with Crippen LogP contribution >= 0.6 is 11.6 Å². The summed E-state index contributed by atoms with van der Waals surface area (Å²) in [5, 5.41) is -0.417. The molecule has 0 radical (unpaired) electrons. The first-order chi connectivity index (χ1) is 12.5. The van der Waals surface area contributed by atoms with E-state index in [1.807, 2.05) is 6.92 Å². The quantitative estimate of drug-likeness (QED) is 0.561. The van der Waals surface area contributed by atoms with Crippen molar-refractivity contribution in [1.29, 1.82) is 0 Å². The largest absolute Gasteiger partial charge is 0.534 e. The molecule has 1 amide bonds. The van der Waals surface area contributed by atoms with Crippen LogP contribution in [-0.2, 0) is 16.5 Å². The van der Waals surface area contributed by atoms with E-state index in [-0.39, 0.29) is 18.5 Å². The number of alkyl halides is 3. The van der Waals surface area contributed by atoms with E-state index < -0.39 is 32.3 Å². The Hall–Kier alpha value is -2.33. The number of carbonyl (C=O) groups is 1. The maximum atomic E-state index is 12.8. The molecule has 3 rings (SSSR count). The van der Waals surface area contributed by atoms with Gasteiger partial charge in [-0.25, -0.2) is 0 Å². The van der Waals surface area contributed by atoms with Crippen LogP contribution in [-0.4, -0.2) is 31.4 Å². The molecule has 0 N–H and O–H groups in total. The van der Waals surface area contributed by atoms with Crippen LogP contribution < -0.4 is 9.08 Å². The molecule has 0 bridgehead atoms. The minimum atomic E-state index is -5.86. The molecule has 0 atom stereocenters. The molecule has 1 aromatic heterocycles. The molecular formula is C16H12ClF3N2O4S. The van der Waals surface area contributed by atoms with Crippen LogP contribution in [0, 0.1) is 6.92 Å². The average molecular weight is 421 g/mol. The summed E-state index contributed by atoms with van der Waals surface area (Å²) in [6, 6.07) is 3.90. The Bertz CT molecular complexity index is 1020. The van der Waals surface area contributed by atoms with Crippen LogP contribution in [0.2, 0.25) is 5.02 Å². The number of hydrogen-bond donors (Lipinski definition) is 0. The number of pyridine rings is 1. The summed E-state index contributed by atoms with van der Waals surface area (Å²) in [4.78, 5) is 18.3. The zero-order valence-corrected chi connectivity index (χ0v) is 15.3. The summed E-state index contributed by atoms with van der Waals surface area (Å²) in [5.74, 6) is -1.09. The zero-order chi connectivity index (χ0) is 20.0. The summed E-state index contributed by atoms with van der Waals surface area (Å²) in [6.07, 6.45) is 3.39. The lowest BCUT2D eigenvalue weighted by molar-refractivity contribution is -0.0500. The molecular weight excluding hydrogens is 409 g/mol. The van der Waals surface area contributed by atoms with Crippen molar-refractivity contribution in [3.8, 4) is 5.75 Å². The highest BCUT2D eigenvalue weighted by molar-refractivity contribution is 7.88. The molecule has 2 heterocycles. The van der Waals surface area contributed by atoms with Crippen molar-refractivity contribution in [2.75, 3.05) is 11.4 Å². The molecule has 1 aliphatic rings. The lowest BCUT2D eigenvalue weighted by atomic mass is 9.98. The van der Waals surface area contributed by atoms with E-state index in [1.165, 1.54) is 11.1 Å². The molecule has 0 aliphatic carbocycles. The number of aromatic nitrogens is 1. The Morgan fingerprint density at radius 2 is 2.00 bits per heavy atom. The summed E-state index contributed by atoms with van der Waals surface area (Å²) >= 11 is 5.87. The van der Waals surface area contributed by atoms with Gasteiger partial charge in [0.1, 0.15) is 0 Å². The molecule has 2 aromatic rings. The standard InChI is InChI=1S/C16H12ClF3N2O4S/c1-9-2-4-21-8-13(9)22-5-3-10-6-14(12(17)7-11(10)15(22)23)26-27(24,25)16(18,19)20/h2,4,6-8H,3,5H2,1H3. The third kappa shape index (κ3) is 3.59. The number of benzene rings is 1. The Balaban J connectivity index is 1.97. The third-order valence-corrected chi connectivity index (χ3v) is 5.28. The molecule has 0 fully saturated rings. The number of nitrogens with zero attached hydrogens (tertiary/aromatic N) is 2. The van der Waals surface area contributed by atoms with Crippen molar-refractivity contribution in [2.45, 2.75) is 18.9 Å². The van der Waals surface area contributed by atoms with Crippen LogP contribution in [0.5, 0.6) is 5.75 Å². The highest BCUT2D eigenvalue weighted by Crippen LogP contribution is 2.36. The number of amides is 1. The van der Waals surface area contributed by atoms with E-state index in [0.29, 0.717) is 11.3 Å². The summed E-state index contributed by atoms with van der Waals surface area (Å²) in [5.41, 5.74) is -3.66. The molecule has 1 aliphatic heterocycles. The molecule has 0 unspecified atom stereocenters. The van der Waals surface area contributed by atoms with Gasteiger partial charge in [0.05, 0.1) is 16.9 Å². The van der Waals surface area contributed by atoms with Gasteiger partial charge in [-0.2, -0.15) is 21.6 Å². The van der Waals surface area contributed by atoms with E-state index >= 15 is 0 Å². The van der Waals surface area contributed by atoms with Crippen LogP contribution in [0.15, 0.2) is 30.6 Å². The molecule has 27 heavy (non-hydrogen) atoms. The highest BCUT2D eigenvalue weighted by atomic mass is 35.5. The lowest BCUT2D eigenvalue weighted by Crippen LogP contribution is -2.38. The maximum absolute atomic E-state index is 12.8. The van der Waals surface area contributed by atoms with Crippen LogP contribution in [0.25, 0.3) is 0 Å². The first kappa shape index (κ1) is 19.4. The van der Waals surface area contributed by atoms with Gasteiger partial charge in [-0.05, 0) is 42.7 Å². The fraction of sp³-hybridized carbons (Fsp3) is 0.250. The maximum Gasteiger partial charge on any atom is 0.534 e. The van der Waals surface area contributed by atoms with E-state index in [1.54, 1.807) is 12.3 Å². The van der Waals surface area contributed by atoms with Gasteiger partial charge in [0.2, 0.25) is 0 Å². The van der Waals surface area contributed by atoms with E-state index in [9.17, 15) is 26.4 Å². The first-order valence-corrected chi connectivity index (χ1v) is 9.35. The molecule has 0 saturated heterocycles. The van der Waals surface area contributed by atoms with Gasteiger partial charge in [0.15, 0.2) is 5.75 Å². The minimum absolute atomic E-state index is 0.159. The Morgan fingerprint density at radius 3 is 2.63 bits per heavy atom. The monoisotopic (exact) mass is 420 g/mol. The van der Waals surface area contributed by atoms with E-state index in [0.717, 1.165) is 17.7 Å². The number of carbonyl (C=O) groups excluding carboxylic acids is 1. The van der Waals surface area contributed by atoms with Crippen molar-refractivity contribution in [1.82, 2.24) is 4.98 Å². The number of hydrogen-bond acceptors (Lipinski definition) is 5. The fourth-order valence-electron chi connectivity index (χ4n) is 2.68. The van der Waals surface area contributed by atoms with Gasteiger partial charge in [0.25, 0.3) is 5.91 Å². The molecule has 6 nitrogen and oxygen atoms in total. The Morgan fingerprint density at radius 1 is 1.30 bits per heavy atom. The van der Waals surface area contributed by atoms with Crippen molar-refractivity contribution < 1.29 is 30.6 Å². The topological polar surface area (TPSA) is 76.6 Å². The van der Waals surface area contributed by atoms with Gasteiger partial charge in [-0.3, -0.25) is 9.78 Å². The van der Waals surface area contributed by atoms with Gasteiger partial charge >= 0.3 is 15.6 Å². The molecule has 0 saturated carbocycles. The summed E-state index contributed by atoms with van der Waals surface area (Å²) in [7, 11) is -5.86. The lowest BCUT2D eigenvalue weighted by Gasteiger charge is -2.30. The predicted molar refractivity (Wildman–Crippen MR) is 91.4 cm³/mol. The van der Waals surface area contributed by atoms with E-state index in [2.05, 4.69) is 9.17 Å². The summed E-state index contributed by atoms with van der Waals surface area (Å²) < 4.78 is 64.0. The van der Waals surface area contributed by atoms with Gasteiger partial charge in [-0.1, -0.05) is 11.6 Å². The average Bonchev–Trinajstić information content (AvgIpc) is 2.56. The van der Waals surface area contributed by atoms with Crippen molar-refractivity contribution in [2.24, 2.45) is 0 Å². The number of halogens is 4. The molecule has 0 spiro atoms. The molecule has 1 aromatic carbocycles. The van der Waals surface area contributed by atoms with Gasteiger partial charge in [-0.15, -0.1) is 0 Å². The second-order valence-corrected chi connectivity index (χ2v) is 7.74. The minimum Gasteiger partial charge on any atom is -0.374 e. The predicted octanol–water partition coefficient (Wildman–Crippen LogP) is 3.47. The van der Waals surface area contributed by atoms with Crippen LogP contribution in [0.3, 0.4) is 0 Å². The van der Waals surface area contributed by atoms with Gasteiger partial charge < -0.3 is 9.08 Å².